The second-order valence-corrected chi connectivity index (χ2v) is 4.90. The van der Waals surface area contributed by atoms with Crippen LogP contribution in [0.5, 0.6) is 0 Å². The zero-order valence-electron chi connectivity index (χ0n) is 11.3. The molecule has 2 aromatic rings. The van der Waals surface area contributed by atoms with Gasteiger partial charge >= 0.3 is 0 Å². The molecule has 0 saturated heterocycles. The van der Waals surface area contributed by atoms with Gasteiger partial charge in [-0.25, -0.2) is 0 Å². The van der Waals surface area contributed by atoms with Crippen LogP contribution in [-0.4, -0.2) is 17.8 Å². The predicted octanol–water partition coefficient (Wildman–Crippen LogP) is 2.69. The van der Waals surface area contributed by atoms with Crippen molar-refractivity contribution in [3.05, 3.63) is 71.3 Å². The molecule has 0 aromatic heterocycles. The Bertz CT molecular complexity index is 496. The first kappa shape index (κ1) is 13.8. The average Bonchev–Trinajstić information content (AvgIpc) is 2.42. The Kier molecular flexibility index (Phi) is 5.13. The zero-order chi connectivity index (χ0) is 13.5. The fraction of sp³-hybridized carbons (Fsp3) is 0.294. The van der Waals surface area contributed by atoms with E-state index in [1.165, 1.54) is 16.7 Å². The minimum atomic E-state index is -0.341. The van der Waals surface area contributed by atoms with Gasteiger partial charge in [-0.15, -0.1) is 0 Å². The lowest BCUT2D eigenvalue weighted by Crippen LogP contribution is -2.28. The molecule has 0 heterocycles. The van der Waals surface area contributed by atoms with Crippen molar-refractivity contribution in [1.29, 1.82) is 0 Å². The molecule has 0 saturated carbocycles. The maximum atomic E-state index is 9.99. The monoisotopic (exact) mass is 255 g/mol. The van der Waals surface area contributed by atoms with Gasteiger partial charge in [-0.2, -0.15) is 0 Å². The summed E-state index contributed by atoms with van der Waals surface area (Å²) in [5, 5.41) is 13.3. The molecule has 0 fully saturated rings. The van der Waals surface area contributed by atoms with Crippen molar-refractivity contribution in [2.75, 3.05) is 6.54 Å². The van der Waals surface area contributed by atoms with Gasteiger partial charge in [0.05, 0.1) is 6.10 Å². The number of hydrogen-bond donors (Lipinski definition) is 2. The fourth-order valence-corrected chi connectivity index (χ4v) is 2.14. The Morgan fingerprint density at radius 3 is 2.42 bits per heavy atom. The molecular weight excluding hydrogens is 234 g/mol. The first-order valence-corrected chi connectivity index (χ1v) is 6.73. The molecule has 0 amide bonds. The van der Waals surface area contributed by atoms with Crippen LogP contribution in [0.4, 0.5) is 0 Å². The van der Waals surface area contributed by atoms with Crippen LogP contribution in [0.2, 0.25) is 0 Å². The number of benzene rings is 2. The third-order valence-electron chi connectivity index (χ3n) is 3.27. The van der Waals surface area contributed by atoms with E-state index in [4.69, 9.17) is 0 Å². The Labute approximate surface area is 115 Å². The molecule has 2 aromatic carbocycles. The molecule has 100 valence electrons. The zero-order valence-corrected chi connectivity index (χ0v) is 11.3. The summed E-state index contributed by atoms with van der Waals surface area (Å²) in [6, 6.07) is 18.4. The van der Waals surface area contributed by atoms with E-state index in [2.05, 4.69) is 24.4 Å². The van der Waals surface area contributed by atoms with Gasteiger partial charge in [-0.1, -0.05) is 54.6 Å². The van der Waals surface area contributed by atoms with Crippen LogP contribution in [0.3, 0.4) is 0 Å². The lowest BCUT2D eigenvalue weighted by atomic mass is 10.1. The van der Waals surface area contributed by atoms with E-state index >= 15 is 0 Å². The minimum absolute atomic E-state index is 0.341. The van der Waals surface area contributed by atoms with Crippen molar-refractivity contribution >= 4 is 0 Å². The smallest absolute Gasteiger partial charge is 0.0704 e. The highest BCUT2D eigenvalue weighted by Crippen LogP contribution is 2.06. The molecule has 1 atom stereocenters. The number of nitrogens with one attached hydrogen (secondary N) is 1. The Hall–Kier alpha value is -1.64. The van der Waals surface area contributed by atoms with Crippen LogP contribution >= 0.6 is 0 Å². The molecule has 19 heavy (non-hydrogen) atoms. The number of rotatable bonds is 6. The summed E-state index contributed by atoms with van der Waals surface area (Å²) in [5.74, 6) is 0. The molecular formula is C17H21NO. The molecule has 2 rings (SSSR count). The van der Waals surface area contributed by atoms with E-state index in [9.17, 15) is 5.11 Å². The average molecular weight is 255 g/mol. The third-order valence-corrected chi connectivity index (χ3v) is 3.27. The van der Waals surface area contributed by atoms with Crippen molar-refractivity contribution in [3.8, 4) is 0 Å². The Balaban J connectivity index is 1.75. The number of aliphatic hydroxyl groups excluding tert-OH is 1. The van der Waals surface area contributed by atoms with Crippen molar-refractivity contribution < 1.29 is 5.11 Å². The third kappa shape index (κ3) is 4.51. The lowest BCUT2D eigenvalue weighted by Gasteiger charge is -2.13. The van der Waals surface area contributed by atoms with Gasteiger partial charge < -0.3 is 10.4 Å². The molecule has 2 heteroatoms. The Morgan fingerprint density at radius 1 is 1.00 bits per heavy atom. The molecule has 0 aliphatic heterocycles. The quantitative estimate of drug-likeness (QED) is 0.832. The van der Waals surface area contributed by atoms with Gasteiger partial charge in [0, 0.05) is 13.1 Å². The van der Waals surface area contributed by atoms with Gasteiger partial charge in [0.1, 0.15) is 0 Å². The first-order chi connectivity index (χ1) is 9.25. The van der Waals surface area contributed by atoms with Crippen LogP contribution in [0.25, 0.3) is 0 Å². The summed E-state index contributed by atoms with van der Waals surface area (Å²) >= 11 is 0. The van der Waals surface area contributed by atoms with E-state index in [1.807, 2.05) is 42.5 Å². The number of hydrogen-bond acceptors (Lipinski definition) is 2. The first-order valence-electron chi connectivity index (χ1n) is 6.73. The van der Waals surface area contributed by atoms with Crippen molar-refractivity contribution in [1.82, 2.24) is 5.32 Å². The van der Waals surface area contributed by atoms with Gasteiger partial charge in [-0.3, -0.25) is 0 Å². The van der Waals surface area contributed by atoms with Crippen molar-refractivity contribution in [2.45, 2.75) is 26.0 Å². The van der Waals surface area contributed by atoms with Crippen molar-refractivity contribution in [3.63, 3.8) is 0 Å². The Morgan fingerprint density at radius 2 is 1.68 bits per heavy atom. The summed E-state index contributed by atoms with van der Waals surface area (Å²) < 4.78 is 0. The molecule has 0 radical (unpaired) electrons. The standard InChI is InChI=1S/C17H21NO/c1-14-7-5-6-10-16(14)12-18-13-17(19)11-15-8-3-2-4-9-15/h2-10,17-19H,11-13H2,1H3. The summed E-state index contributed by atoms with van der Waals surface area (Å²) in [6.45, 7) is 3.53. The van der Waals surface area contributed by atoms with Crippen LogP contribution in [-0.2, 0) is 13.0 Å². The fourth-order valence-electron chi connectivity index (χ4n) is 2.14. The van der Waals surface area contributed by atoms with E-state index in [0.29, 0.717) is 13.0 Å². The van der Waals surface area contributed by atoms with Crippen LogP contribution in [0, 0.1) is 6.92 Å². The molecule has 0 aliphatic carbocycles. The number of aliphatic hydroxyl groups is 1. The van der Waals surface area contributed by atoms with E-state index < -0.39 is 0 Å². The van der Waals surface area contributed by atoms with Crippen molar-refractivity contribution in [2.24, 2.45) is 0 Å². The highest BCUT2D eigenvalue weighted by Gasteiger charge is 2.05. The van der Waals surface area contributed by atoms with Gasteiger partial charge in [0.25, 0.3) is 0 Å². The summed E-state index contributed by atoms with van der Waals surface area (Å²) in [5.41, 5.74) is 3.75. The largest absolute Gasteiger partial charge is 0.391 e. The number of aryl methyl sites for hydroxylation is 1. The van der Waals surface area contributed by atoms with E-state index in [-0.39, 0.29) is 6.10 Å². The lowest BCUT2D eigenvalue weighted by molar-refractivity contribution is 0.171. The highest BCUT2D eigenvalue weighted by molar-refractivity contribution is 5.25. The second kappa shape index (κ2) is 7.07. The van der Waals surface area contributed by atoms with Crippen LogP contribution < -0.4 is 5.32 Å². The topological polar surface area (TPSA) is 32.3 Å². The highest BCUT2D eigenvalue weighted by atomic mass is 16.3. The minimum Gasteiger partial charge on any atom is -0.391 e. The summed E-state index contributed by atoms with van der Waals surface area (Å²) in [7, 11) is 0. The molecule has 0 spiro atoms. The predicted molar refractivity (Wildman–Crippen MR) is 79.0 cm³/mol. The maximum absolute atomic E-state index is 9.99. The molecule has 1 unspecified atom stereocenters. The molecule has 2 N–H and O–H groups in total. The maximum Gasteiger partial charge on any atom is 0.0704 e. The van der Waals surface area contributed by atoms with Gasteiger partial charge in [-0.05, 0) is 30.0 Å². The summed E-state index contributed by atoms with van der Waals surface area (Å²) in [6.07, 6.45) is 0.355. The second-order valence-electron chi connectivity index (χ2n) is 4.90. The SMILES string of the molecule is Cc1ccccc1CNCC(O)Cc1ccccc1. The van der Waals surface area contributed by atoms with Crippen LogP contribution in [0.1, 0.15) is 16.7 Å². The molecule has 0 aliphatic rings. The molecule has 2 nitrogen and oxygen atoms in total. The van der Waals surface area contributed by atoms with E-state index in [1.54, 1.807) is 0 Å². The van der Waals surface area contributed by atoms with Gasteiger partial charge in [0.15, 0.2) is 0 Å². The van der Waals surface area contributed by atoms with Gasteiger partial charge in [0.2, 0.25) is 0 Å². The van der Waals surface area contributed by atoms with Crippen LogP contribution in [0.15, 0.2) is 54.6 Å². The normalized spacial score (nSPS) is 12.3. The van der Waals surface area contributed by atoms with E-state index in [0.717, 1.165) is 6.54 Å². The summed E-state index contributed by atoms with van der Waals surface area (Å²) in [4.78, 5) is 0. The molecule has 0 bridgehead atoms.